The molecule has 0 bridgehead atoms. The van der Waals surface area contributed by atoms with Crippen LogP contribution >= 0.6 is 11.8 Å². The zero-order chi connectivity index (χ0) is 18.3. The number of pyridine rings is 1. The molecule has 3 aromatic rings. The molecule has 0 fully saturated rings. The van der Waals surface area contributed by atoms with E-state index in [1.807, 2.05) is 25.2 Å². The number of nitrogens with zero attached hydrogens (tertiary/aromatic N) is 3. The fourth-order valence-electron chi connectivity index (χ4n) is 3.34. The Morgan fingerprint density at radius 3 is 2.81 bits per heavy atom. The Labute approximate surface area is 156 Å². The highest BCUT2D eigenvalue weighted by Gasteiger charge is 2.32. The van der Waals surface area contributed by atoms with Gasteiger partial charge in [-0.15, -0.1) is 11.8 Å². The second-order valence-electron chi connectivity index (χ2n) is 6.48. The second-order valence-corrected chi connectivity index (χ2v) is 7.57. The van der Waals surface area contributed by atoms with Crippen molar-refractivity contribution in [2.45, 2.75) is 19.1 Å². The summed E-state index contributed by atoms with van der Waals surface area (Å²) in [5.74, 6) is 1.17. The molecule has 4 rings (SSSR count). The summed E-state index contributed by atoms with van der Waals surface area (Å²) >= 11 is 1.64. The van der Waals surface area contributed by atoms with Gasteiger partial charge in [0.1, 0.15) is 11.5 Å². The lowest BCUT2D eigenvalue weighted by molar-refractivity contribution is -0.113. The van der Waals surface area contributed by atoms with Crippen molar-refractivity contribution in [3.8, 4) is 11.4 Å². The molecule has 1 atom stereocenters. The maximum Gasteiger partial charge on any atom is 0.235 e. The smallest absolute Gasteiger partial charge is 0.235 e. The van der Waals surface area contributed by atoms with Crippen molar-refractivity contribution < 1.29 is 4.79 Å². The number of carbonyl (C=O) groups is 1. The quantitative estimate of drug-likeness (QED) is 0.750. The number of amides is 1. The first-order chi connectivity index (χ1) is 12.6. The van der Waals surface area contributed by atoms with Crippen molar-refractivity contribution in [1.29, 1.82) is 0 Å². The average molecular weight is 364 g/mol. The Balaban J connectivity index is 1.97. The van der Waals surface area contributed by atoms with Gasteiger partial charge in [0.25, 0.3) is 0 Å². The normalized spacial score (nSPS) is 16.7. The van der Waals surface area contributed by atoms with Crippen LogP contribution < -0.4 is 5.32 Å². The van der Waals surface area contributed by atoms with E-state index in [-0.39, 0.29) is 11.2 Å². The number of hydrogen-bond acceptors (Lipinski definition) is 4. The van der Waals surface area contributed by atoms with Crippen LogP contribution in [0.3, 0.4) is 0 Å². The SMILES string of the molecule is Cc1cccc(C2SCC(=O)Nc3c2c(-c2ccccn2)nn3C)c1C. The monoisotopic (exact) mass is 364 g/mol. The molecule has 1 aliphatic heterocycles. The van der Waals surface area contributed by atoms with Crippen LogP contribution in [-0.4, -0.2) is 26.4 Å². The first-order valence-corrected chi connectivity index (χ1v) is 9.57. The Morgan fingerprint density at radius 1 is 1.19 bits per heavy atom. The van der Waals surface area contributed by atoms with Crippen molar-refractivity contribution in [2.75, 3.05) is 11.1 Å². The first kappa shape index (κ1) is 16.8. The largest absolute Gasteiger partial charge is 0.310 e. The molecule has 132 valence electrons. The standard InChI is InChI=1S/C20H20N4OS/c1-12-7-6-8-14(13(12)2)19-17-18(15-9-4-5-10-21-15)23-24(3)20(17)22-16(25)11-26-19/h4-10,19H,11H2,1-3H3,(H,22,25). The van der Waals surface area contributed by atoms with Gasteiger partial charge in [-0.2, -0.15) is 5.10 Å². The highest BCUT2D eigenvalue weighted by Crippen LogP contribution is 2.46. The van der Waals surface area contributed by atoms with E-state index < -0.39 is 0 Å². The third-order valence-corrected chi connectivity index (χ3v) is 6.07. The number of hydrogen-bond donors (Lipinski definition) is 1. The molecular formula is C20H20N4OS. The molecule has 0 aliphatic carbocycles. The second kappa shape index (κ2) is 6.61. The topological polar surface area (TPSA) is 59.8 Å². The molecule has 0 radical (unpaired) electrons. The molecule has 26 heavy (non-hydrogen) atoms. The van der Waals surface area contributed by atoms with E-state index in [4.69, 9.17) is 5.10 Å². The van der Waals surface area contributed by atoms with Gasteiger partial charge in [0, 0.05) is 18.8 Å². The zero-order valence-electron chi connectivity index (χ0n) is 15.0. The minimum Gasteiger partial charge on any atom is -0.310 e. The Hall–Kier alpha value is -2.60. The summed E-state index contributed by atoms with van der Waals surface area (Å²) in [6.45, 7) is 4.26. The highest BCUT2D eigenvalue weighted by atomic mass is 32.2. The number of benzene rings is 1. The minimum absolute atomic E-state index is 0.000345. The van der Waals surface area contributed by atoms with Gasteiger partial charge in [-0.25, -0.2) is 0 Å². The van der Waals surface area contributed by atoms with E-state index >= 15 is 0 Å². The number of rotatable bonds is 2. The Bertz CT molecular complexity index is 981. The predicted molar refractivity (Wildman–Crippen MR) is 105 cm³/mol. The maximum absolute atomic E-state index is 12.3. The molecule has 2 aromatic heterocycles. The summed E-state index contributed by atoms with van der Waals surface area (Å²) in [6, 6.07) is 12.2. The van der Waals surface area contributed by atoms with Crippen molar-refractivity contribution in [3.63, 3.8) is 0 Å². The van der Waals surface area contributed by atoms with Gasteiger partial charge in [-0.05, 0) is 42.7 Å². The molecule has 3 heterocycles. The third kappa shape index (κ3) is 2.80. The lowest BCUT2D eigenvalue weighted by Crippen LogP contribution is -2.15. The summed E-state index contributed by atoms with van der Waals surface area (Å²) in [7, 11) is 1.86. The van der Waals surface area contributed by atoms with Crippen LogP contribution in [0.4, 0.5) is 5.82 Å². The number of nitrogens with one attached hydrogen (secondary N) is 1. The summed E-state index contributed by atoms with van der Waals surface area (Å²) in [6.07, 6.45) is 1.77. The van der Waals surface area contributed by atoms with Crippen LogP contribution in [0, 0.1) is 13.8 Å². The maximum atomic E-state index is 12.3. The Kier molecular flexibility index (Phi) is 4.28. The number of aromatic nitrogens is 3. The molecule has 1 amide bonds. The fraction of sp³-hybridized carbons (Fsp3) is 0.250. The molecular weight excluding hydrogens is 344 g/mol. The van der Waals surface area contributed by atoms with Crippen LogP contribution in [0.5, 0.6) is 0 Å². The predicted octanol–water partition coefficient (Wildman–Crippen LogP) is 3.87. The van der Waals surface area contributed by atoms with Gasteiger partial charge < -0.3 is 5.32 Å². The van der Waals surface area contributed by atoms with Crippen molar-refractivity contribution in [1.82, 2.24) is 14.8 Å². The summed E-state index contributed by atoms with van der Waals surface area (Å²) < 4.78 is 1.75. The van der Waals surface area contributed by atoms with Crippen LogP contribution in [0.15, 0.2) is 42.6 Å². The molecule has 0 saturated heterocycles. The van der Waals surface area contributed by atoms with Crippen LogP contribution in [0.25, 0.3) is 11.4 Å². The number of anilines is 1. The van der Waals surface area contributed by atoms with Gasteiger partial charge in [0.15, 0.2) is 0 Å². The zero-order valence-corrected chi connectivity index (χ0v) is 15.8. The lowest BCUT2D eigenvalue weighted by Gasteiger charge is -2.19. The van der Waals surface area contributed by atoms with E-state index in [2.05, 4.69) is 42.3 Å². The summed E-state index contributed by atoms with van der Waals surface area (Å²) in [5, 5.41) is 7.74. The number of thioether (sulfide) groups is 1. The van der Waals surface area contributed by atoms with E-state index in [9.17, 15) is 4.79 Å². The van der Waals surface area contributed by atoms with Gasteiger partial charge in [-0.1, -0.05) is 24.3 Å². The average Bonchev–Trinajstić information content (AvgIpc) is 2.85. The molecule has 1 unspecified atom stereocenters. The highest BCUT2D eigenvalue weighted by molar-refractivity contribution is 8.00. The number of fused-ring (bicyclic) bond motifs is 1. The fourth-order valence-corrected chi connectivity index (χ4v) is 4.56. The molecule has 6 heteroatoms. The summed E-state index contributed by atoms with van der Waals surface area (Å²) in [4.78, 5) is 16.8. The minimum atomic E-state index is -0.000345. The van der Waals surface area contributed by atoms with Gasteiger partial charge in [0.2, 0.25) is 5.91 Å². The molecule has 1 N–H and O–H groups in total. The lowest BCUT2D eigenvalue weighted by atomic mass is 9.95. The van der Waals surface area contributed by atoms with E-state index in [0.29, 0.717) is 5.75 Å². The Morgan fingerprint density at radius 2 is 2.04 bits per heavy atom. The van der Waals surface area contributed by atoms with E-state index in [0.717, 1.165) is 22.8 Å². The third-order valence-electron chi connectivity index (χ3n) is 4.82. The number of carbonyl (C=O) groups excluding carboxylic acids is 1. The van der Waals surface area contributed by atoms with Crippen LogP contribution in [0.2, 0.25) is 0 Å². The molecule has 1 aliphatic rings. The first-order valence-electron chi connectivity index (χ1n) is 8.52. The van der Waals surface area contributed by atoms with Crippen molar-refractivity contribution >= 4 is 23.5 Å². The van der Waals surface area contributed by atoms with E-state index in [1.54, 1.807) is 22.6 Å². The molecule has 0 saturated carbocycles. The van der Waals surface area contributed by atoms with Crippen LogP contribution in [0.1, 0.15) is 27.5 Å². The van der Waals surface area contributed by atoms with Gasteiger partial charge in [-0.3, -0.25) is 14.5 Å². The summed E-state index contributed by atoms with van der Waals surface area (Å²) in [5.41, 5.74) is 6.38. The number of aryl methyl sites for hydroxylation is 2. The molecule has 5 nitrogen and oxygen atoms in total. The van der Waals surface area contributed by atoms with Gasteiger partial charge >= 0.3 is 0 Å². The van der Waals surface area contributed by atoms with Gasteiger partial charge in [0.05, 0.1) is 16.7 Å². The molecule has 0 spiro atoms. The van der Waals surface area contributed by atoms with Crippen molar-refractivity contribution in [3.05, 3.63) is 64.8 Å². The van der Waals surface area contributed by atoms with E-state index in [1.165, 1.54) is 16.7 Å². The molecule has 1 aromatic carbocycles. The van der Waals surface area contributed by atoms with Crippen LogP contribution in [-0.2, 0) is 11.8 Å². The van der Waals surface area contributed by atoms with Crippen molar-refractivity contribution in [2.24, 2.45) is 7.05 Å².